The fraction of sp³-hybridized carbons (Fsp3) is 0.400. The average molecular weight is 391 g/mol. The molecule has 0 unspecified atom stereocenters. The highest BCUT2D eigenvalue weighted by Crippen LogP contribution is 2.43. The molecule has 1 aliphatic heterocycles. The predicted octanol–water partition coefficient (Wildman–Crippen LogP) is 3.87. The highest BCUT2D eigenvalue weighted by atomic mass is 32.2. The Morgan fingerprint density at radius 3 is 2.41 bits per heavy atom. The maximum absolute atomic E-state index is 13.1. The average Bonchev–Trinajstić information content (AvgIpc) is 2.75. The molecule has 0 spiro atoms. The van der Waals surface area contributed by atoms with Gasteiger partial charge in [-0.2, -0.15) is 0 Å². The van der Waals surface area contributed by atoms with E-state index >= 15 is 0 Å². The van der Waals surface area contributed by atoms with Gasteiger partial charge in [-0.15, -0.1) is 0 Å². The minimum absolute atomic E-state index is 0.0338. The quantitative estimate of drug-likeness (QED) is 0.675. The number of nitrogens with zero attached hydrogens (tertiary/aromatic N) is 1. The third-order valence-corrected chi connectivity index (χ3v) is 6.81. The van der Waals surface area contributed by atoms with Crippen molar-refractivity contribution in [2.45, 2.75) is 50.0 Å². The van der Waals surface area contributed by atoms with Gasteiger partial charge in [-0.05, 0) is 25.0 Å². The first-order valence-electron chi connectivity index (χ1n) is 9.24. The molecule has 3 N–H and O–H groups in total. The van der Waals surface area contributed by atoms with Gasteiger partial charge in [0.05, 0.1) is 11.2 Å². The Labute approximate surface area is 160 Å². The highest BCUT2D eigenvalue weighted by molar-refractivity contribution is 7.89. The maximum Gasteiger partial charge on any atom is 0.243 e. The number of phenols is 2. The number of para-hydroxylation sites is 1. The van der Waals surface area contributed by atoms with Crippen molar-refractivity contribution in [1.82, 2.24) is 4.72 Å². The van der Waals surface area contributed by atoms with Crippen molar-refractivity contribution >= 4 is 21.4 Å². The second kappa shape index (κ2) is 7.40. The van der Waals surface area contributed by atoms with Crippen LogP contribution in [0.1, 0.15) is 39.5 Å². The Bertz CT molecular complexity index is 915. The van der Waals surface area contributed by atoms with E-state index in [4.69, 9.17) is 0 Å². The van der Waals surface area contributed by atoms with Gasteiger partial charge in [-0.25, -0.2) is 13.1 Å². The van der Waals surface area contributed by atoms with Crippen molar-refractivity contribution in [1.29, 1.82) is 0 Å². The van der Waals surface area contributed by atoms with Crippen molar-refractivity contribution < 1.29 is 18.6 Å². The lowest BCUT2D eigenvalue weighted by atomic mass is 9.89. The second-order valence-corrected chi connectivity index (χ2v) is 8.72. The number of benzene rings is 2. The molecule has 0 aromatic heterocycles. The molecule has 1 atom stereocenters. The van der Waals surface area contributed by atoms with Crippen LogP contribution in [0.15, 0.2) is 47.4 Å². The summed E-state index contributed by atoms with van der Waals surface area (Å²) in [5.74, 6) is -0.799. The molecule has 2 aromatic carbocycles. The molecule has 0 saturated heterocycles. The molecule has 3 rings (SSSR count). The van der Waals surface area contributed by atoms with Crippen molar-refractivity contribution in [3.05, 3.63) is 42.5 Å². The van der Waals surface area contributed by atoms with Crippen LogP contribution in [-0.2, 0) is 10.0 Å². The number of aromatic hydroxyl groups is 2. The Hall–Kier alpha value is -2.25. The van der Waals surface area contributed by atoms with Crippen LogP contribution < -0.4 is 9.62 Å². The molecule has 0 radical (unpaired) electrons. The first-order valence-corrected chi connectivity index (χ1v) is 10.7. The SMILES string of the molecule is CCCC[C@@]1(CC)CN(c2ccccc2)c2cc(O)c(O)cc2S(=O)(=O)N1. The summed E-state index contributed by atoms with van der Waals surface area (Å²) < 4.78 is 29.2. The van der Waals surface area contributed by atoms with Crippen LogP contribution in [0.25, 0.3) is 0 Å². The fourth-order valence-electron chi connectivity index (χ4n) is 3.58. The molecule has 146 valence electrons. The van der Waals surface area contributed by atoms with E-state index in [1.807, 2.05) is 42.2 Å². The molecule has 0 fully saturated rings. The summed E-state index contributed by atoms with van der Waals surface area (Å²) in [5, 5.41) is 20.0. The van der Waals surface area contributed by atoms with E-state index in [1.54, 1.807) is 0 Å². The molecule has 1 aliphatic rings. The first-order chi connectivity index (χ1) is 12.8. The van der Waals surface area contributed by atoms with Crippen LogP contribution in [0.5, 0.6) is 11.5 Å². The minimum Gasteiger partial charge on any atom is -0.504 e. The number of hydrogen-bond donors (Lipinski definition) is 3. The molecule has 0 bridgehead atoms. The molecule has 0 aliphatic carbocycles. The van der Waals surface area contributed by atoms with Gasteiger partial charge >= 0.3 is 0 Å². The Kier molecular flexibility index (Phi) is 5.35. The molecule has 2 aromatic rings. The smallest absolute Gasteiger partial charge is 0.243 e. The summed E-state index contributed by atoms with van der Waals surface area (Å²) in [7, 11) is -3.87. The largest absolute Gasteiger partial charge is 0.504 e. The zero-order chi connectivity index (χ0) is 19.7. The number of rotatable bonds is 5. The van der Waals surface area contributed by atoms with Crippen molar-refractivity contribution in [3.63, 3.8) is 0 Å². The van der Waals surface area contributed by atoms with Crippen molar-refractivity contribution in [3.8, 4) is 11.5 Å². The first kappa shape index (κ1) is 19.5. The number of hydrogen-bond acceptors (Lipinski definition) is 5. The Morgan fingerprint density at radius 2 is 1.78 bits per heavy atom. The van der Waals surface area contributed by atoms with E-state index in [0.29, 0.717) is 25.1 Å². The minimum atomic E-state index is -3.87. The van der Waals surface area contributed by atoms with Crippen LogP contribution in [0.4, 0.5) is 11.4 Å². The molecule has 6 nitrogen and oxygen atoms in total. The van der Waals surface area contributed by atoms with Crippen LogP contribution in [-0.4, -0.2) is 30.7 Å². The van der Waals surface area contributed by atoms with Gasteiger partial charge in [0.2, 0.25) is 10.0 Å². The van der Waals surface area contributed by atoms with E-state index in [0.717, 1.165) is 24.6 Å². The molecular weight excluding hydrogens is 364 g/mol. The molecule has 7 heteroatoms. The van der Waals surface area contributed by atoms with Gasteiger partial charge in [0.15, 0.2) is 11.5 Å². The Balaban J connectivity index is 2.24. The number of phenolic OH excluding ortho intramolecular Hbond substituents is 2. The number of fused-ring (bicyclic) bond motifs is 1. The summed E-state index contributed by atoms with van der Waals surface area (Å²) >= 11 is 0. The van der Waals surface area contributed by atoms with E-state index < -0.39 is 21.3 Å². The summed E-state index contributed by atoms with van der Waals surface area (Å²) in [6.07, 6.45) is 3.19. The van der Waals surface area contributed by atoms with Gasteiger partial charge < -0.3 is 15.1 Å². The molecular formula is C20H26N2O4S. The van der Waals surface area contributed by atoms with Crippen LogP contribution in [0, 0.1) is 0 Å². The Morgan fingerprint density at radius 1 is 1.11 bits per heavy atom. The second-order valence-electron chi connectivity index (χ2n) is 7.07. The molecule has 1 heterocycles. The zero-order valence-electron chi connectivity index (χ0n) is 15.6. The topological polar surface area (TPSA) is 89.9 Å². The number of sulfonamides is 1. The summed E-state index contributed by atoms with van der Waals surface area (Å²) in [5.41, 5.74) is 0.544. The van der Waals surface area contributed by atoms with Crippen LogP contribution >= 0.6 is 0 Å². The van der Waals surface area contributed by atoms with E-state index in [9.17, 15) is 18.6 Å². The van der Waals surface area contributed by atoms with Crippen molar-refractivity contribution in [2.24, 2.45) is 0 Å². The number of unbranched alkanes of at least 4 members (excludes halogenated alkanes) is 1. The van der Waals surface area contributed by atoms with Gasteiger partial charge in [0.1, 0.15) is 4.90 Å². The van der Waals surface area contributed by atoms with Crippen LogP contribution in [0.3, 0.4) is 0 Å². The standard InChI is InChI=1S/C20H26N2O4S/c1-3-5-11-20(4-2)14-22(15-9-7-6-8-10-15)16-12-17(23)18(24)13-19(16)27(25,26)21-20/h6-10,12-13,21,23-24H,3-5,11,14H2,1-2H3/t20-/m0/s1. The van der Waals surface area contributed by atoms with E-state index in [2.05, 4.69) is 11.6 Å². The molecule has 0 amide bonds. The molecule has 0 saturated carbocycles. The summed E-state index contributed by atoms with van der Waals surface area (Å²) in [4.78, 5) is 1.87. The van der Waals surface area contributed by atoms with E-state index in [1.165, 1.54) is 6.07 Å². The molecule has 27 heavy (non-hydrogen) atoms. The monoisotopic (exact) mass is 390 g/mol. The highest BCUT2D eigenvalue weighted by Gasteiger charge is 2.41. The third kappa shape index (κ3) is 3.75. The predicted molar refractivity (Wildman–Crippen MR) is 106 cm³/mol. The van der Waals surface area contributed by atoms with Gasteiger partial charge in [-0.3, -0.25) is 0 Å². The lowest BCUT2D eigenvalue weighted by Gasteiger charge is -2.36. The maximum atomic E-state index is 13.1. The fourth-order valence-corrected chi connectivity index (χ4v) is 5.28. The zero-order valence-corrected chi connectivity index (χ0v) is 16.5. The summed E-state index contributed by atoms with van der Waals surface area (Å²) in [6.45, 7) is 4.49. The van der Waals surface area contributed by atoms with Crippen molar-refractivity contribution in [2.75, 3.05) is 11.4 Å². The lowest BCUT2D eigenvalue weighted by molar-refractivity contribution is 0.341. The normalized spacial score (nSPS) is 21.5. The van der Waals surface area contributed by atoms with Gasteiger partial charge in [0.25, 0.3) is 0 Å². The van der Waals surface area contributed by atoms with E-state index in [-0.39, 0.29) is 10.6 Å². The van der Waals surface area contributed by atoms with Gasteiger partial charge in [-0.1, -0.05) is 44.9 Å². The number of anilines is 2. The summed E-state index contributed by atoms with van der Waals surface area (Å²) in [6, 6.07) is 11.9. The van der Waals surface area contributed by atoms with Crippen LogP contribution in [0.2, 0.25) is 0 Å². The van der Waals surface area contributed by atoms with Gasteiger partial charge in [0, 0.05) is 24.4 Å². The number of nitrogens with one attached hydrogen (secondary N) is 1. The third-order valence-electron chi connectivity index (χ3n) is 5.20. The lowest BCUT2D eigenvalue weighted by Crippen LogP contribution is -2.52.